The Hall–Kier alpha value is -2.59. The van der Waals surface area contributed by atoms with Crippen LogP contribution in [0.1, 0.15) is 35.2 Å². The Labute approximate surface area is 167 Å². The van der Waals surface area contributed by atoms with Crippen molar-refractivity contribution in [2.24, 2.45) is 0 Å². The minimum atomic E-state index is 0. The number of hydrogen-bond donors (Lipinski definition) is 1. The predicted octanol–water partition coefficient (Wildman–Crippen LogP) is 5.56. The predicted molar refractivity (Wildman–Crippen MR) is 114 cm³/mol. The third-order valence-electron chi connectivity index (χ3n) is 4.92. The first-order chi connectivity index (χ1) is 12.7. The third kappa shape index (κ3) is 4.22. The van der Waals surface area contributed by atoms with Crippen LogP contribution >= 0.6 is 12.4 Å². The average Bonchev–Trinajstić information content (AvgIpc) is 2.68. The van der Waals surface area contributed by atoms with E-state index in [1.165, 1.54) is 35.2 Å². The summed E-state index contributed by atoms with van der Waals surface area (Å²) in [5.41, 5.74) is 10.5. The van der Waals surface area contributed by atoms with E-state index in [1.807, 2.05) is 23.3 Å². The second kappa shape index (κ2) is 8.40. The van der Waals surface area contributed by atoms with Crippen LogP contribution < -0.4 is 10.4 Å². The molecule has 1 aliphatic carbocycles. The number of benzene rings is 2. The van der Waals surface area contributed by atoms with Crippen molar-refractivity contribution in [3.05, 3.63) is 77.1 Å². The van der Waals surface area contributed by atoms with Gasteiger partial charge in [-0.15, -0.1) is 12.4 Å². The molecule has 1 aliphatic rings. The molecule has 0 saturated heterocycles. The molecular weight excluding hydrogens is 356 g/mol. The molecule has 3 aromatic rings. The molecule has 0 radical (unpaired) electrons. The molecule has 4 nitrogen and oxygen atoms in total. The number of fused-ring (bicyclic) bond motifs is 1. The molecule has 27 heavy (non-hydrogen) atoms. The van der Waals surface area contributed by atoms with Crippen LogP contribution in [0.3, 0.4) is 0 Å². The summed E-state index contributed by atoms with van der Waals surface area (Å²) in [6.45, 7) is 4.20. The molecule has 1 heterocycles. The summed E-state index contributed by atoms with van der Waals surface area (Å²) in [7, 11) is 0. The van der Waals surface area contributed by atoms with Crippen molar-refractivity contribution in [2.45, 2.75) is 39.5 Å². The van der Waals surface area contributed by atoms with E-state index < -0.39 is 0 Å². The van der Waals surface area contributed by atoms with Gasteiger partial charge in [0.15, 0.2) is 0 Å². The number of para-hydroxylation sites is 1. The number of aromatic nitrogens is 2. The molecule has 4 rings (SSSR count). The van der Waals surface area contributed by atoms with E-state index in [9.17, 15) is 0 Å². The average molecular weight is 381 g/mol. The van der Waals surface area contributed by atoms with E-state index in [1.54, 1.807) is 0 Å². The molecule has 1 N–H and O–H groups in total. The summed E-state index contributed by atoms with van der Waals surface area (Å²) in [6.07, 6.45) is 6.57. The highest BCUT2D eigenvalue weighted by molar-refractivity contribution is 5.85. The van der Waals surface area contributed by atoms with Crippen molar-refractivity contribution in [1.82, 2.24) is 9.97 Å². The Morgan fingerprint density at radius 2 is 1.67 bits per heavy atom. The largest absolute Gasteiger partial charge is 0.291 e. The number of hydrazine groups is 1. The lowest BCUT2D eigenvalue weighted by Gasteiger charge is -2.26. The van der Waals surface area contributed by atoms with Gasteiger partial charge < -0.3 is 0 Å². The number of nitrogens with zero attached hydrogens (tertiary/aromatic N) is 3. The van der Waals surface area contributed by atoms with Crippen molar-refractivity contribution in [1.29, 1.82) is 0 Å². The third-order valence-corrected chi connectivity index (χ3v) is 4.92. The van der Waals surface area contributed by atoms with E-state index in [0.29, 0.717) is 5.95 Å². The number of aryl methyl sites for hydroxylation is 4. The Bertz CT molecular complexity index is 908. The van der Waals surface area contributed by atoms with Crippen molar-refractivity contribution in [3.8, 4) is 0 Å². The SMILES string of the molecule is Cc1ccc(N(Nc2ccccc2C)c2ncc3c(n2)CCCC3)cc1.Cl. The number of nitrogens with one attached hydrogen (secondary N) is 1. The molecular formula is C22H25ClN4. The van der Waals surface area contributed by atoms with Gasteiger partial charge in [0.05, 0.1) is 11.4 Å². The van der Waals surface area contributed by atoms with Crippen LogP contribution in [0.15, 0.2) is 54.7 Å². The lowest BCUT2D eigenvalue weighted by molar-refractivity contribution is 0.661. The van der Waals surface area contributed by atoms with Gasteiger partial charge in [-0.1, -0.05) is 35.9 Å². The molecule has 0 amide bonds. The van der Waals surface area contributed by atoms with E-state index >= 15 is 0 Å². The van der Waals surface area contributed by atoms with Crippen LogP contribution in [0.25, 0.3) is 0 Å². The fourth-order valence-electron chi connectivity index (χ4n) is 3.32. The molecule has 0 unspecified atom stereocenters. The van der Waals surface area contributed by atoms with Crippen molar-refractivity contribution < 1.29 is 0 Å². The second-order valence-electron chi connectivity index (χ2n) is 6.95. The van der Waals surface area contributed by atoms with Gasteiger partial charge in [-0.05, 0) is 68.9 Å². The molecule has 0 aliphatic heterocycles. The van der Waals surface area contributed by atoms with Gasteiger partial charge in [-0.2, -0.15) is 0 Å². The molecule has 1 aromatic heterocycles. The Kier molecular flexibility index (Phi) is 5.97. The summed E-state index contributed by atoms with van der Waals surface area (Å²) in [5, 5.41) is 1.98. The first-order valence-electron chi connectivity index (χ1n) is 9.24. The van der Waals surface area contributed by atoms with Crippen LogP contribution in [-0.4, -0.2) is 9.97 Å². The number of anilines is 3. The molecule has 0 spiro atoms. The lowest BCUT2D eigenvalue weighted by atomic mass is 9.98. The zero-order valence-corrected chi connectivity index (χ0v) is 16.6. The van der Waals surface area contributed by atoms with Gasteiger partial charge in [-0.3, -0.25) is 5.43 Å². The van der Waals surface area contributed by atoms with Gasteiger partial charge in [-0.25, -0.2) is 15.0 Å². The highest BCUT2D eigenvalue weighted by Crippen LogP contribution is 2.27. The van der Waals surface area contributed by atoms with Crippen molar-refractivity contribution in [2.75, 3.05) is 10.4 Å². The summed E-state index contributed by atoms with van der Waals surface area (Å²) in [4.78, 5) is 9.56. The Morgan fingerprint density at radius 3 is 2.44 bits per heavy atom. The van der Waals surface area contributed by atoms with Crippen LogP contribution in [0, 0.1) is 13.8 Å². The van der Waals surface area contributed by atoms with Gasteiger partial charge in [0.2, 0.25) is 5.95 Å². The fourth-order valence-corrected chi connectivity index (χ4v) is 3.32. The highest BCUT2D eigenvalue weighted by Gasteiger charge is 2.18. The maximum Gasteiger partial charge on any atom is 0.249 e. The van der Waals surface area contributed by atoms with E-state index in [-0.39, 0.29) is 12.4 Å². The Balaban J connectivity index is 0.00000210. The van der Waals surface area contributed by atoms with Crippen molar-refractivity contribution in [3.63, 3.8) is 0 Å². The minimum absolute atomic E-state index is 0. The highest BCUT2D eigenvalue weighted by atomic mass is 35.5. The van der Waals surface area contributed by atoms with Crippen LogP contribution in [-0.2, 0) is 12.8 Å². The van der Waals surface area contributed by atoms with E-state index in [0.717, 1.165) is 24.2 Å². The van der Waals surface area contributed by atoms with E-state index in [2.05, 4.69) is 60.7 Å². The lowest BCUT2D eigenvalue weighted by Crippen LogP contribution is -2.27. The zero-order chi connectivity index (χ0) is 17.9. The standard InChI is InChI=1S/C22H24N4.ClH/c1-16-11-13-19(14-12-16)26(25-20-9-5-3-7-17(20)2)22-23-15-18-8-4-6-10-21(18)24-22;/h3,5,7,9,11-15,25H,4,6,8,10H2,1-2H3;1H. The molecule has 0 fully saturated rings. The first kappa shape index (κ1) is 19.2. The van der Waals surface area contributed by atoms with Gasteiger partial charge in [0.25, 0.3) is 0 Å². The fraction of sp³-hybridized carbons (Fsp3) is 0.273. The van der Waals surface area contributed by atoms with Crippen LogP contribution in [0.4, 0.5) is 17.3 Å². The molecule has 5 heteroatoms. The molecule has 0 bridgehead atoms. The summed E-state index contributed by atoms with van der Waals surface area (Å²) < 4.78 is 0. The van der Waals surface area contributed by atoms with E-state index in [4.69, 9.17) is 4.98 Å². The first-order valence-corrected chi connectivity index (χ1v) is 9.24. The number of rotatable bonds is 4. The molecule has 0 atom stereocenters. The minimum Gasteiger partial charge on any atom is -0.291 e. The maximum atomic E-state index is 4.89. The van der Waals surface area contributed by atoms with Gasteiger partial charge in [0.1, 0.15) is 0 Å². The van der Waals surface area contributed by atoms with Gasteiger partial charge in [0, 0.05) is 11.9 Å². The summed E-state index contributed by atoms with van der Waals surface area (Å²) >= 11 is 0. The molecule has 0 saturated carbocycles. The summed E-state index contributed by atoms with van der Waals surface area (Å²) in [5.74, 6) is 0.692. The monoisotopic (exact) mass is 380 g/mol. The normalized spacial score (nSPS) is 12.7. The zero-order valence-electron chi connectivity index (χ0n) is 15.8. The Morgan fingerprint density at radius 1 is 0.926 bits per heavy atom. The smallest absolute Gasteiger partial charge is 0.249 e. The van der Waals surface area contributed by atoms with Crippen molar-refractivity contribution >= 4 is 29.7 Å². The number of hydrogen-bond acceptors (Lipinski definition) is 4. The molecule has 140 valence electrons. The van der Waals surface area contributed by atoms with Crippen LogP contribution in [0.2, 0.25) is 0 Å². The summed E-state index contributed by atoms with van der Waals surface area (Å²) in [6, 6.07) is 16.7. The second-order valence-corrected chi connectivity index (χ2v) is 6.95. The van der Waals surface area contributed by atoms with Crippen LogP contribution in [0.5, 0.6) is 0 Å². The topological polar surface area (TPSA) is 41.0 Å². The quantitative estimate of drug-likeness (QED) is 0.601. The number of halogens is 1. The maximum absolute atomic E-state index is 4.89. The molecule has 2 aromatic carbocycles. The van der Waals surface area contributed by atoms with Gasteiger partial charge >= 0.3 is 0 Å².